The van der Waals surface area contributed by atoms with E-state index in [1.54, 1.807) is 26.8 Å². The highest BCUT2D eigenvalue weighted by Crippen LogP contribution is 2.76. The molecule has 9 atom stereocenters. The Bertz CT molecular complexity index is 1040. The van der Waals surface area contributed by atoms with Crippen LogP contribution in [0.4, 0.5) is 4.39 Å². The fourth-order valence-electron chi connectivity index (χ4n) is 8.03. The number of ether oxygens (including phenoxy) is 2. The monoisotopic (exact) mass is 474 g/mol. The van der Waals surface area contributed by atoms with Crippen molar-refractivity contribution in [3.63, 3.8) is 0 Å². The van der Waals surface area contributed by atoms with Crippen LogP contribution in [0.25, 0.3) is 0 Å². The molecule has 4 fully saturated rings. The number of esters is 1. The molecule has 0 bridgehead atoms. The number of carbonyl (C=O) groups excluding carboxylic acids is 3. The van der Waals surface area contributed by atoms with Crippen molar-refractivity contribution in [2.75, 3.05) is 6.61 Å². The second-order valence-corrected chi connectivity index (χ2v) is 12.6. The third-order valence-electron chi connectivity index (χ3n) is 9.87. The molecule has 6 nitrogen and oxygen atoms in total. The van der Waals surface area contributed by atoms with Crippen molar-refractivity contribution in [3.8, 4) is 0 Å². The van der Waals surface area contributed by atoms with E-state index < -0.39 is 52.0 Å². The van der Waals surface area contributed by atoms with Gasteiger partial charge in [-0.2, -0.15) is 0 Å². The molecule has 0 aromatic rings. The lowest BCUT2D eigenvalue weighted by Crippen LogP contribution is -2.63. The van der Waals surface area contributed by atoms with Gasteiger partial charge in [0.2, 0.25) is 5.78 Å². The average molecular weight is 475 g/mol. The lowest BCUT2D eigenvalue weighted by molar-refractivity contribution is -0.174. The van der Waals surface area contributed by atoms with E-state index in [0.29, 0.717) is 18.4 Å². The number of hydrogen-bond donors (Lipinski definition) is 1. The molecule has 5 rings (SSSR count). The van der Waals surface area contributed by atoms with Crippen LogP contribution in [0.1, 0.15) is 60.8 Å². The molecule has 1 aliphatic heterocycles. The summed E-state index contributed by atoms with van der Waals surface area (Å²) >= 11 is 0. The number of fused-ring (bicyclic) bond motifs is 3. The van der Waals surface area contributed by atoms with E-state index in [4.69, 9.17) is 9.47 Å². The van der Waals surface area contributed by atoms with Crippen molar-refractivity contribution in [1.82, 2.24) is 0 Å². The number of Topliss-reactive ketones (excluding diaryl/α,β-unsaturated/α-hetero) is 1. The fraction of sp³-hybridized carbons (Fsp3) is 0.741. The summed E-state index contributed by atoms with van der Waals surface area (Å²) in [5.74, 6) is -1.92. The van der Waals surface area contributed by atoms with Gasteiger partial charge in [-0.25, -0.2) is 4.39 Å². The molecule has 1 spiro atoms. The molecule has 1 heterocycles. The van der Waals surface area contributed by atoms with Gasteiger partial charge in [0, 0.05) is 10.8 Å². The summed E-state index contributed by atoms with van der Waals surface area (Å²) in [5, 5.41) is 12.0. The minimum atomic E-state index is -1.70. The van der Waals surface area contributed by atoms with Crippen LogP contribution in [0, 0.1) is 34.0 Å². The smallest absolute Gasteiger partial charge is 0.311 e. The Hall–Kier alpha value is -1.86. The number of halogens is 1. The Kier molecular flexibility index (Phi) is 4.83. The van der Waals surface area contributed by atoms with E-state index in [2.05, 4.69) is 0 Å². The van der Waals surface area contributed by atoms with Crippen molar-refractivity contribution >= 4 is 17.5 Å². The van der Waals surface area contributed by atoms with Crippen LogP contribution in [-0.4, -0.2) is 52.7 Å². The van der Waals surface area contributed by atoms with E-state index in [1.807, 2.05) is 20.8 Å². The summed E-state index contributed by atoms with van der Waals surface area (Å²) in [7, 11) is 0. The van der Waals surface area contributed by atoms with Crippen molar-refractivity contribution < 1.29 is 33.4 Å². The van der Waals surface area contributed by atoms with Crippen molar-refractivity contribution in [2.24, 2.45) is 34.0 Å². The summed E-state index contributed by atoms with van der Waals surface area (Å²) in [5.41, 5.74) is -4.17. The second-order valence-electron chi connectivity index (χ2n) is 12.6. The molecule has 1 saturated heterocycles. The maximum Gasteiger partial charge on any atom is 0.311 e. The van der Waals surface area contributed by atoms with E-state index in [1.165, 1.54) is 12.2 Å². The maximum absolute atomic E-state index is 15.6. The summed E-state index contributed by atoms with van der Waals surface area (Å²) in [6, 6.07) is 0. The molecule has 34 heavy (non-hydrogen) atoms. The molecule has 0 amide bonds. The predicted octanol–water partition coefficient (Wildman–Crippen LogP) is 3.51. The third kappa shape index (κ3) is 2.71. The number of rotatable bonds is 3. The molecule has 2 unspecified atom stereocenters. The highest BCUT2D eigenvalue weighted by molar-refractivity contribution is 6.01. The topological polar surface area (TPSA) is 93.2 Å². The van der Waals surface area contributed by atoms with E-state index >= 15 is 4.39 Å². The lowest BCUT2D eigenvalue weighted by atomic mass is 9.46. The van der Waals surface area contributed by atoms with E-state index in [0.717, 1.165) is 0 Å². The molecule has 7 heteroatoms. The number of alkyl halides is 1. The molecule has 0 aromatic carbocycles. The summed E-state index contributed by atoms with van der Waals surface area (Å²) in [6.45, 7) is 10.4. The predicted molar refractivity (Wildman–Crippen MR) is 121 cm³/mol. The van der Waals surface area contributed by atoms with E-state index in [9.17, 15) is 19.5 Å². The standard InChI is InChI=1S/C27H35FO6/c1-14-9-16-17-11-19(28)18-10-15(29)7-8-24(18,5)27(17)21(34-27)12-25(16,6)26(14,32)20(30)13-33-22(31)23(2,3)4/h7-8,10,14,16-17,19,21,32H,9,11-13H2,1-6H3/t14-,16?,17?,19+,21-,24+,25+,26+,27-/m1/s1. The normalized spacial score (nSPS) is 48.8. The van der Waals surface area contributed by atoms with Crippen molar-refractivity contribution in [3.05, 3.63) is 23.8 Å². The largest absolute Gasteiger partial charge is 0.457 e. The van der Waals surface area contributed by atoms with Crippen LogP contribution < -0.4 is 0 Å². The first-order valence-electron chi connectivity index (χ1n) is 12.3. The molecular formula is C27H35FO6. The van der Waals surface area contributed by atoms with Gasteiger partial charge in [0.15, 0.2) is 12.4 Å². The van der Waals surface area contributed by atoms with Crippen LogP contribution in [-0.2, 0) is 23.9 Å². The van der Waals surface area contributed by atoms with Gasteiger partial charge in [-0.15, -0.1) is 0 Å². The number of allylic oxidation sites excluding steroid dienone is 2. The molecule has 1 N–H and O–H groups in total. The zero-order chi connectivity index (χ0) is 25.1. The maximum atomic E-state index is 15.6. The minimum absolute atomic E-state index is 0.142. The van der Waals surface area contributed by atoms with E-state index in [-0.39, 0.29) is 36.1 Å². The Morgan fingerprint density at radius 3 is 2.56 bits per heavy atom. The Morgan fingerprint density at radius 1 is 1.24 bits per heavy atom. The Morgan fingerprint density at radius 2 is 1.91 bits per heavy atom. The number of carbonyl (C=O) groups is 3. The Labute approximate surface area is 199 Å². The molecule has 3 saturated carbocycles. The number of hydrogen-bond acceptors (Lipinski definition) is 6. The van der Waals surface area contributed by atoms with Gasteiger partial charge in [0.25, 0.3) is 0 Å². The number of aliphatic hydroxyl groups is 1. The van der Waals surface area contributed by atoms with Gasteiger partial charge < -0.3 is 14.6 Å². The van der Waals surface area contributed by atoms with Gasteiger partial charge in [0.1, 0.15) is 17.4 Å². The van der Waals surface area contributed by atoms with Crippen LogP contribution in [0.3, 0.4) is 0 Å². The zero-order valence-electron chi connectivity index (χ0n) is 20.8. The Balaban J connectivity index is 1.48. The molecular weight excluding hydrogens is 439 g/mol. The SMILES string of the molecule is C[C@@H]1CC2C3C[C@H](F)C4=CC(=O)C=C[C@]4(C)[C@@]34O[C@@H]4C[C@]2(C)[C@@]1(O)C(=O)COC(=O)C(C)(C)C. The van der Waals surface area contributed by atoms with Crippen molar-refractivity contribution in [1.29, 1.82) is 0 Å². The quantitative estimate of drug-likeness (QED) is 0.497. The summed E-state index contributed by atoms with van der Waals surface area (Å²) < 4.78 is 27.2. The van der Waals surface area contributed by atoms with Crippen LogP contribution in [0.2, 0.25) is 0 Å². The van der Waals surface area contributed by atoms with Gasteiger partial charge in [-0.1, -0.05) is 19.9 Å². The average Bonchev–Trinajstić information content (AvgIpc) is 3.43. The number of ketones is 2. The first kappa shape index (κ1) is 23.9. The first-order valence-corrected chi connectivity index (χ1v) is 12.3. The minimum Gasteiger partial charge on any atom is -0.457 e. The van der Waals surface area contributed by atoms with Gasteiger partial charge in [-0.3, -0.25) is 14.4 Å². The summed E-state index contributed by atoms with van der Waals surface area (Å²) in [4.78, 5) is 37.7. The molecule has 4 aliphatic carbocycles. The molecule has 5 aliphatic rings. The highest BCUT2D eigenvalue weighted by atomic mass is 19.1. The van der Waals surface area contributed by atoms with Gasteiger partial charge in [-0.05, 0) is 82.4 Å². The second kappa shape index (κ2) is 6.88. The van der Waals surface area contributed by atoms with Crippen molar-refractivity contribution in [2.45, 2.75) is 84.3 Å². The molecule has 0 radical (unpaired) electrons. The van der Waals surface area contributed by atoms with Crippen LogP contribution >= 0.6 is 0 Å². The molecule has 0 aromatic heterocycles. The first-order chi connectivity index (χ1) is 15.6. The van der Waals surface area contributed by atoms with Gasteiger partial charge in [0.05, 0.1) is 11.5 Å². The zero-order valence-corrected chi connectivity index (χ0v) is 20.8. The fourth-order valence-corrected chi connectivity index (χ4v) is 8.03. The summed E-state index contributed by atoms with van der Waals surface area (Å²) in [6.07, 6.45) is 4.40. The van der Waals surface area contributed by atoms with Gasteiger partial charge >= 0.3 is 5.97 Å². The number of epoxide rings is 1. The molecule has 186 valence electrons. The highest BCUT2D eigenvalue weighted by Gasteiger charge is 2.82. The third-order valence-corrected chi connectivity index (χ3v) is 9.87. The van der Waals surface area contributed by atoms with Crippen LogP contribution in [0.5, 0.6) is 0 Å². The van der Waals surface area contributed by atoms with Crippen LogP contribution in [0.15, 0.2) is 23.8 Å². The lowest BCUT2D eigenvalue weighted by Gasteiger charge is -2.56.